The lowest BCUT2D eigenvalue weighted by Gasteiger charge is -2.18. The average Bonchev–Trinajstić information content (AvgIpc) is 3.22. The molecule has 3 aromatic rings. The molecule has 26 heavy (non-hydrogen) atoms. The molecule has 1 fully saturated rings. The molecule has 1 N–H and O–H groups in total. The summed E-state index contributed by atoms with van der Waals surface area (Å²) >= 11 is 0. The molecule has 1 saturated heterocycles. The van der Waals surface area contributed by atoms with Crippen LogP contribution in [-0.4, -0.2) is 39.8 Å². The molecule has 0 spiro atoms. The summed E-state index contributed by atoms with van der Waals surface area (Å²) in [6.07, 6.45) is 5.26. The molecule has 6 nitrogen and oxygen atoms in total. The number of fused-ring (bicyclic) bond motifs is 1. The van der Waals surface area contributed by atoms with Crippen LogP contribution >= 0.6 is 0 Å². The van der Waals surface area contributed by atoms with Gasteiger partial charge in [-0.15, -0.1) is 0 Å². The van der Waals surface area contributed by atoms with Crippen molar-refractivity contribution in [2.75, 3.05) is 18.4 Å². The predicted molar refractivity (Wildman–Crippen MR) is 99.1 cm³/mol. The number of carbonyl (C=O) groups is 2. The van der Waals surface area contributed by atoms with Crippen molar-refractivity contribution in [2.24, 2.45) is 0 Å². The minimum absolute atomic E-state index is 0.0391. The monoisotopic (exact) mass is 346 g/mol. The SMILES string of the molecule is O=C(Nc1ccccc1C(=O)N1CCCC1)c1ccc2nccnc2c1. The van der Waals surface area contributed by atoms with Crippen LogP contribution in [0.3, 0.4) is 0 Å². The number of nitrogens with zero attached hydrogens (tertiary/aromatic N) is 3. The van der Waals surface area contributed by atoms with Gasteiger partial charge in [-0.05, 0) is 43.2 Å². The van der Waals surface area contributed by atoms with E-state index in [0.717, 1.165) is 31.4 Å². The Kier molecular flexibility index (Phi) is 4.31. The fraction of sp³-hybridized carbons (Fsp3) is 0.200. The summed E-state index contributed by atoms with van der Waals surface area (Å²) in [5.41, 5.74) is 2.90. The molecule has 0 atom stereocenters. The first-order chi connectivity index (χ1) is 12.7. The summed E-state index contributed by atoms with van der Waals surface area (Å²) in [4.78, 5) is 35.6. The van der Waals surface area contributed by atoms with Gasteiger partial charge in [-0.1, -0.05) is 12.1 Å². The molecule has 1 aromatic heterocycles. The second-order valence-corrected chi connectivity index (χ2v) is 6.26. The number of aromatic nitrogens is 2. The van der Waals surface area contributed by atoms with Gasteiger partial charge in [-0.3, -0.25) is 19.6 Å². The zero-order chi connectivity index (χ0) is 17.9. The normalized spacial score (nSPS) is 13.8. The Hall–Kier alpha value is -3.28. The third-order valence-corrected chi connectivity index (χ3v) is 4.53. The van der Waals surface area contributed by atoms with E-state index < -0.39 is 0 Å². The lowest BCUT2D eigenvalue weighted by atomic mass is 10.1. The van der Waals surface area contributed by atoms with Gasteiger partial charge in [0.05, 0.1) is 22.3 Å². The Balaban J connectivity index is 1.60. The number of anilines is 1. The van der Waals surface area contributed by atoms with Crippen LogP contribution in [0.1, 0.15) is 33.6 Å². The molecule has 0 saturated carbocycles. The maximum atomic E-state index is 12.7. The largest absolute Gasteiger partial charge is 0.339 e. The van der Waals surface area contributed by atoms with Crippen molar-refractivity contribution in [3.63, 3.8) is 0 Å². The first kappa shape index (κ1) is 16.2. The fourth-order valence-electron chi connectivity index (χ4n) is 3.17. The zero-order valence-electron chi connectivity index (χ0n) is 14.2. The second kappa shape index (κ2) is 6.92. The molecule has 1 aliphatic rings. The zero-order valence-corrected chi connectivity index (χ0v) is 14.2. The number of rotatable bonds is 3. The first-order valence-electron chi connectivity index (χ1n) is 8.63. The first-order valence-corrected chi connectivity index (χ1v) is 8.63. The smallest absolute Gasteiger partial charge is 0.255 e. The molecule has 1 aliphatic heterocycles. The molecule has 0 radical (unpaired) electrons. The van der Waals surface area contributed by atoms with Crippen molar-refractivity contribution < 1.29 is 9.59 Å². The minimum Gasteiger partial charge on any atom is -0.339 e. The van der Waals surface area contributed by atoms with Crippen LogP contribution in [0.25, 0.3) is 11.0 Å². The van der Waals surface area contributed by atoms with E-state index in [4.69, 9.17) is 0 Å². The molecule has 0 bridgehead atoms. The van der Waals surface area contributed by atoms with E-state index in [1.54, 1.807) is 42.7 Å². The van der Waals surface area contributed by atoms with Crippen LogP contribution in [-0.2, 0) is 0 Å². The molecule has 2 heterocycles. The van der Waals surface area contributed by atoms with Gasteiger partial charge in [-0.2, -0.15) is 0 Å². The molecule has 0 aliphatic carbocycles. The highest BCUT2D eigenvalue weighted by molar-refractivity contribution is 6.09. The van der Waals surface area contributed by atoms with Gasteiger partial charge in [0.25, 0.3) is 11.8 Å². The Morgan fingerprint density at radius 1 is 0.923 bits per heavy atom. The number of likely N-dealkylation sites (tertiary alicyclic amines) is 1. The maximum Gasteiger partial charge on any atom is 0.255 e. The lowest BCUT2D eigenvalue weighted by Crippen LogP contribution is -2.28. The van der Waals surface area contributed by atoms with E-state index in [1.165, 1.54) is 0 Å². The molecule has 130 valence electrons. The third-order valence-electron chi connectivity index (χ3n) is 4.53. The number of amides is 2. The summed E-state index contributed by atoms with van der Waals surface area (Å²) in [5.74, 6) is -0.318. The number of carbonyl (C=O) groups excluding carboxylic acids is 2. The van der Waals surface area contributed by atoms with Crippen molar-refractivity contribution in [1.82, 2.24) is 14.9 Å². The van der Waals surface area contributed by atoms with E-state index in [2.05, 4.69) is 15.3 Å². The number of para-hydroxylation sites is 1. The van der Waals surface area contributed by atoms with Crippen LogP contribution in [0.4, 0.5) is 5.69 Å². The summed E-state index contributed by atoms with van der Waals surface area (Å²) < 4.78 is 0. The third kappa shape index (κ3) is 3.13. The van der Waals surface area contributed by atoms with Gasteiger partial charge < -0.3 is 10.2 Å². The van der Waals surface area contributed by atoms with E-state index in [-0.39, 0.29) is 11.8 Å². The van der Waals surface area contributed by atoms with E-state index >= 15 is 0 Å². The summed E-state index contributed by atoms with van der Waals surface area (Å²) in [6.45, 7) is 1.54. The van der Waals surface area contributed by atoms with Crippen LogP contribution in [0, 0.1) is 0 Å². The van der Waals surface area contributed by atoms with Gasteiger partial charge in [0, 0.05) is 31.0 Å². The van der Waals surface area contributed by atoms with E-state index in [1.807, 2.05) is 17.0 Å². The van der Waals surface area contributed by atoms with Crippen molar-refractivity contribution in [1.29, 1.82) is 0 Å². The van der Waals surface area contributed by atoms with Crippen molar-refractivity contribution in [3.8, 4) is 0 Å². The molecule has 6 heteroatoms. The van der Waals surface area contributed by atoms with Gasteiger partial charge in [0.2, 0.25) is 0 Å². The highest BCUT2D eigenvalue weighted by Crippen LogP contribution is 2.21. The lowest BCUT2D eigenvalue weighted by molar-refractivity contribution is 0.0794. The molecule has 4 rings (SSSR count). The Morgan fingerprint density at radius 3 is 2.46 bits per heavy atom. The van der Waals surface area contributed by atoms with Crippen LogP contribution < -0.4 is 5.32 Å². The average molecular weight is 346 g/mol. The van der Waals surface area contributed by atoms with Crippen LogP contribution in [0.2, 0.25) is 0 Å². The number of hydrogen-bond donors (Lipinski definition) is 1. The fourth-order valence-corrected chi connectivity index (χ4v) is 3.17. The number of hydrogen-bond acceptors (Lipinski definition) is 4. The standard InChI is InChI=1S/C20H18N4O2/c25-19(14-7-8-17-18(13-14)22-10-9-21-17)23-16-6-2-1-5-15(16)20(26)24-11-3-4-12-24/h1-2,5-10,13H,3-4,11-12H2,(H,23,25). The summed E-state index contributed by atoms with van der Waals surface area (Å²) in [5, 5.41) is 2.86. The van der Waals surface area contributed by atoms with Crippen molar-refractivity contribution in [2.45, 2.75) is 12.8 Å². The van der Waals surface area contributed by atoms with Gasteiger partial charge in [0.1, 0.15) is 0 Å². The second-order valence-electron chi connectivity index (χ2n) is 6.26. The molecular weight excluding hydrogens is 328 g/mol. The summed E-state index contributed by atoms with van der Waals surface area (Å²) in [7, 11) is 0. The highest BCUT2D eigenvalue weighted by Gasteiger charge is 2.22. The molecular formula is C20H18N4O2. The predicted octanol–water partition coefficient (Wildman–Crippen LogP) is 3.12. The summed E-state index contributed by atoms with van der Waals surface area (Å²) in [6, 6.07) is 12.3. The quantitative estimate of drug-likeness (QED) is 0.791. The van der Waals surface area contributed by atoms with Crippen molar-refractivity contribution >= 4 is 28.5 Å². The maximum absolute atomic E-state index is 12.7. The van der Waals surface area contributed by atoms with Gasteiger partial charge >= 0.3 is 0 Å². The van der Waals surface area contributed by atoms with E-state index in [9.17, 15) is 9.59 Å². The number of nitrogens with one attached hydrogen (secondary N) is 1. The topological polar surface area (TPSA) is 75.2 Å². The van der Waals surface area contributed by atoms with Gasteiger partial charge in [0.15, 0.2) is 0 Å². The molecule has 2 aromatic carbocycles. The highest BCUT2D eigenvalue weighted by atomic mass is 16.2. The Bertz CT molecular complexity index is 980. The number of benzene rings is 2. The van der Waals surface area contributed by atoms with E-state index in [0.29, 0.717) is 22.3 Å². The Labute approximate surface area is 150 Å². The minimum atomic E-state index is -0.278. The van der Waals surface area contributed by atoms with Crippen molar-refractivity contribution in [3.05, 3.63) is 66.0 Å². The van der Waals surface area contributed by atoms with Crippen LogP contribution in [0.15, 0.2) is 54.9 Å². The Morgan fingerprint density at radius 2 is 1.65 bits per heavy atom. The molecule has 0 unspecified atom stereocenters. The molecule has 2 amide bonds. The van der Waals surface area contributed by atoms with Gasteiger partial charge in [-0.25, -0.2) is 0 Å². The van der Waals surface area contributed by atoms with Crippen LogP contribution in [0.5, 0.6) is 0 Å².